The summed E-state index contributed by atoms with van der Waals surface area (Å²) in [5.41, 5.74) is 11.1. The highest BCUT2D eigenvalue weighted by Crippen LogP contribution is 1.92. The van der Waals surface area contributed by atoms with Crippen molar-refractivity contribution in [2.45, 2.75) is 20.8 Å². The highest BCUT2D eigenvalue weighted by molar-refractivity contribution is 7.80. The summed E-state index contributed by atoms with van der Waals surface area (Å²) in [6.45, 7) is 6.88. The van der Waals surface area contributed by atoms with Crippen LogP contribution < -0.4 is 11.5 Å². The van der Waals surface area contributed by atoms with Gasteiger partial charge in [-0.05, 0) is 45.2 Å². The van der Waals surface area contributed by atoms with E-state index in [1.54, 1.807) is 0 Å². The topological polar surface area (TPSA) is 70.5 Å². The molecule has 0 radical (unpaired) electrons. The zero-order valence-electron chi connectivity index (χ0n) is 11.6. The van der Waals surface area contributed by atoms with E-state index >= 15 is 0 Å². The molecule has 0 aliphatic rings. The largest absolute Gasteiger partial charge is 0.472 e. The third-order valence-corrected chi connectivity index (χ3v) is 1.75. The molecule has 4 N–H and O–H groups in total. The fourth-order valence-electron chi connectivity index (χ4n) is 0.819. The molecule has 0 unspecified atom stereocenters. The van der Waals surface area contributed by atoms with E-state index in [4.69, 9.17) is 11.5 Å². The van der Waals surface area contributed by atoms with E-state index in [2.05, 4.69) is 53.0 Å². The molecule has 0 aliphatic carbocycles. The van der Waals surface area contributed by atoms with Crippen molar-refractivity contribution in [1.29, 1.82) is 0 Å². The van der Waals surface area contributed by atoms with E-state index in [0.717, 1.165) is 0 Å². The number of benzene rings is 1. The zero-order valence-corrected chi connectivity index (χ0v) is 13.2. The van der Waals surface area contributed by atoms with Gasteiger partial charge < -0.3 is 20.9 Å². The lowest BCUT2D eigenvalue weighted by Gasteiger charge is -1.93. The average Bonchev–Trinajstić information content (AvgIpc) is 2.31. The van der Waals surface area contributed by atoms with Crippen molar-refractivity contribution in [3.05, 3.63) is 35.9 Å². The first-order valence-corrected chi connectivity index (χ1v) is 6.61. The zero-order chi connectivity index (χ0) is 15.1. The van der Waals surface area contributed by atoms with Gasteiger partial charge >= 0.3 is 0 Å². The molecule has 0 atom stereocenters. The second-order valence-electron chi connectivity index (χ2n) is 3.16. The van der Waals surface area contributed by atoms with E-state index in [-0.39, 0.29) is 10.3 Å². The van der Waals surface area contributed by atoms with Crippen LogP contribution in [0.5, 0.6) is 0 Å². The number of thiocarbonyl (C=S) groups is 2. The van der Waals surface area contributed by atoms with E-state index in [9.17, 15) is 0 Å². The minimum Gasteiger partial charge on any atom is -0.472 e. The summed E-state index contributed by atoms with van der Waals surface area (Å²) in [7, 11) is 0. The summed E-state index contributed by atoms with van der Waals surface area (Å²) in [5.74, 6) is 0. The van der Waals surface area contributed by atoms with Gasteiger partial charge in [0.15, 0.2) is 0 Å². The first-order chi connectivity index (χ1) is 8.93. The van der Waals surface area contributed by atoms with Crippen molar-refractivity contribution in [2.24, 2.45) is 11.5 Å². The lowest BCUT2D eigenvalue weighted by Crippen LogP contribution is -2.11. The maximum absolute atomic E-state index is 4.91. The lowest BCUT2D eigenvalue weighted by atomic mass is 10.2. The molecule has 19 heavy (non-hydrogen) atoms. The number of ether oxygens (including phenoxy) is 2. The summed E-state index contributed by atoms with van der Waals surface area (Å²) in [6, 6.07) is 10.3. The molecular formula is C13H22N2O2S2. The van der Waals surface area contributed by atoms with Crippen LogP contribution in [0.2, 0.25) is 0 Å². The maximum atomic E-state index is 4.91. The summed E-state index contributed by atoms with van der Waals surface area (Å²) >= 11 is 8.70. The van der Waals surface area contributed by atoms with Crippen molar-refractivity contribution in [1.82, 2.24) is 0 Å². The minimum absolute atomic E-state index is 0.123. The molecule has 6 heteroatoms. The van der Waals surface area contributed by atoms with Crippen molar-refractivity contribution in [3.8, 4) is 0 Å². The van der Waals surface area contributed by atoms with Crippen molar-refractivity contribution in [3.63, 3.8) is 0 Å². The molecule has 0 saturated carbocycles. The molecular weight excluding hydrogens is 280 g/mol. The fraction of sp³-hybridized carbons (Fsp3) is 0.385. The van der Waals surface area contributed by atoms with Gasteiger partial charge in [-0.15, -0.1) is 0 Å². The van der Waals surface area contributed by atoms with Crippen LogP contribution in [0.4, 0.5) is 0 Å². The number of hydrogen-bond donors (Lipinski definition) is 2. The molecule has 1 aromatic carbocycles. The van der Waals surface area contributed by atoms with E-state index in [1.807, 2.05) is 32.0 Å². The second kappa shape index (κ2) is 14.7. The quantitative estimate of drug-likeness (QED) is 0.818. The van der Waals surface area contributed by atoms with Crippen molar-refractivity contribution < 1.29 is 9.47 Å². The van der Waals surface area contributed by atoms with Crippen LogP contribution in [0.15, 0.2) is 30.3 Å². The Labute approximate surface area is 126 Å². The predicted molar refractivity (Wildman–Crippen MR) is 88.0 cm³/mol. The lowest BCUT2D eigenvalue weighted by molar-refractivity contribution is 0.331. The van der Waals surface area contributed by atoms with Crippen molar-refractivity contribution in [2.75, 3.05) is 13.2 Å². The smallest absolute Gasteiger partial charge is 0.253 e. The molecule has 0 saturated heterocycles. The molecule has 0 amide bonds. The summed E-state index contributed by atoms with van der Waals surface area (Å²) in [6.07, 6.45) is 0. The SMILES string of the molecule is CCOC(N)=S.CCOC(N)=S.Cc1ccccc1. The van der Waals surface area contributed by atoms with Gasteiger partial charge in [-0.25, -0.2) is 0 Å². The third kappa shape index (κ3) is 22.3. The predicted octanol–water partition coefficient (Wildman–Crippen LogP) is 2.53. The monoisotopic (exact) mass is 302 g/mol. The van der Waals surface area contributed by atoms with Gasteiger partial charge in [0, 0.05) is 0 Å². The van der Waals surface area contributed by atoms with Crippen LogP contribution in [0.25, 0.3) is 0 Å². The van der Waals surface area contributed by atoms with E-state index in [0.29, 0.717) is 13.2 Å². The normalized spacial score (nSPS) is 7.95. The van der Waals surface area contributed by atoms with Crippen LogP contribution in [0, 0.1) is 6.92 Å². The van der Waals surface area contributed by atoms with Gasteiger partial charge in [0.1, 0.15) is 0 Å². The van der Waals surface area contributed by atoms with Gasteiger partial charge in [0.05, 0.1) is 13.2 Å². The Hall–Kier alpha value is -1.40. The summed E-state index contributed by atoms with van der Waals surface area (Å²) < 4.78 is 9.10. The van der Waals surface area contributed by atoms with Gasteiger partial charge in [-0.2, -0.15) is 0 Å². The standard InChI is InChI=1S/C7H8.2C3H7NOS/c1-7-5-3-2-4-6-7;2*1-2-5-3(4)6/h2-6H,1H3;2*2H2,1H3,(H2,4,6). The minimum atomic E-state index is 0.123. The van der Waals surface area contributed by atoms with Gasteiger partial charge in [0.25, 0.3) is 10.3 Å². The van der Waals surface area contributed by atoms with Crippen LogP contribution in [0.3, 0.4) is 0 Å². The van der Waals surface area contributed by atoms with Crippen LogP contribution >= 0.6 is 24.4 Å². The Bertz CT molecular complexity index is 330. The Balaban J connectivity index is 0. The molecule has 0 spiro atoms. The molecule has 0 heterocycles. The maximum Gasteiger partial charge on any atom is 0.253 e. The molecule has 108 valence electrons. The highest BCUT2D eigenvalue weighted by atomic mass is 32.1. The Morgan fingerprint density at radius 2 is 1.32 bits per heavy atom. The number of hydrogen-bond acceptors (Lipinski definition) is 4. The summed E-state index contributed by atoms with van der Waals surface area (Å²) in [4.78, 5) is 0. The second-order valence-corrected chi connectivity index (χ2v) is 3.96. The van der Waals surface area contributed by atoms with Gasteiger partial charge in [0.2, 0.25) is 0 Å². The molecule has 4 nitrogen and oxygen atoms in total. The summed E-state index contributed by atoms with van der Waals surface area (Å²) in [5, 5.41) is 0.245. The fourth-order valence-corrected chi connectivity index (χ4v) is 1.05. The number of nitrogens with two attached hydrogens (primary N) is 2. The molecule has 0 bridgehead atoms. The van der Waals surface area contributed by atoms with E-state index in [1.165, 1.54) is 5.56 Å². The average molecular weight is 302 g/mol. The molecule has 0 aromatic heterocycles. The molecule has 0 aliphatic heterocycles. The van der Waals surface area contributed by atoms with Crippen LogP contribution in [-0.2, 0) is 9.47 Å². The molecule has 1 aromatic rings. The Morgan fingerprint density at radius 3 is 1.42 bits per heavy atom. The molecule has 0 fully saturated rings. The molecule has 1 rings (SSSR count). The number of rotatable bonds is 2. The van der Waals surface area contributed by atoms with Crippen molar-refractivity contribution >= 4 is 34.8 Å². The number of aryl methyl sites for hydroxylation is 1. The van der Waals surface area contributed by atoms with Gasteiger partial charge in [-0.3, -0.25) is 0 Å². The van der Waals surface area contributed by atoms with Gasteiger partial charge in [-0.1, -0.05) is 35.9 Å². The van der Waals surface area contributed by atoms with E-state index < -0.39 is 0 Å². The van der Waals surface area contributed by atoms with Crippen LogP contribution in [-0.4, -0.2) is 23.6 Å². The Kier molecular flexibility index (Phi) is 15.4. The Morgan fingerprint density at radius 1 is 0.947 bits per heavy atom. The highest BCUT2D eigenvalue weighted by Gasteiger charge is 1.77. The van der Waals surface area contributed by atoms with Crippen LogP contribution in [0.1, 0.15) is 19.4 Å². The first-order valence-electron chi connectivity index (χ1n) is 5.80. The first kappa shape index (κ1) is 19.9. The third-order valence-electron chi connectivity index (χ3n) is 1.51.